The van der Waals surface area contributed by atoms with Crippen LogP contribution < -0.4 is 5.32 Å². The first-order valence-corrected chi connectivity index (χ1v) is 5.26. The van der Waals surface area contributed by atoms with Crippen LogP contribution in [0, 0.1) is 0 Å². The van der Waals surface area contributed by atoms with Gasteiger partial charge in [-0.05, 0) is 23.8 Å². The van der Waals surface area contributed by atoms with Gasteiger partial charge in [-0.25, -0.2) is 0 Å². The van der Waals surface area contributed by atoms with Gasteiger partial charge in [-0.15, -0.1) is 0 Å². The Kier molecular flexibility index (Phi) is 2.68. The maximum Gasteiger partial charge on any atom is 0.159 e. The van der Waals surface area contributed by atoms with Gasteiger partial charge in [0.05, 0.1) is 6.04 Å². The zero-order chi connectivity index (χ0) is 9.97. The van der Waals surface area contributed by atoms with Crippen molar-refractivity contribution >= 4 is 21.7 Å². The predicted molar refractivity (Wildman–Crippen MR) is 58.8 cm³/mol. The normalized spacial score (nSPS) is 20.6. The minimum atomic E-state index is 0.126. The Morgan fingerprint density at radius 3 is 2.64 bits per heavy atom. The zero-order valence-corrected chi connectivity index (χ0v) is 9.12. The Balaban J connectivity index is 2.19. The highest BCUT2D eigenvalue weighted by atomic mass is 79.9. The Morgan fingerprint density at radius 1 is 1.29 bits per heavy atom. The van der Waals surface area contributed by atoms with Crippen LogP contribution in [0.3, 0.4) is 0 Å². The zero-order valence-electron chi connectivity index (χ0n) is 7.53. The monoisotopic (exact) mass is 251 g/mol. The molecule has 2 nitrogen and oxygen atoms in total. The molecule has 0 aliphatic carbocycles. The summed E-state index contributed by atoms with van der Waals surface area (Å²) >= 11 is 3.38. The van der Waals surface area contributed by atoms with E-state index >= 15 is 0 Å². The van der Waals surface area contributed by atoms with Crippen LogP contribution in [0.4, 0.5) is 0 Å². The van der Waals surface area contributed by atoms with E-state index in [1.54, 1.807) is 12.3 Å². The molecule has 14 heavy (non-hydrogen) atoms. The van der Waals surface area contributed by atoms with Crippen molar-refractivity contribution < 1.29 is 4.79 Å². The van der Waals surface area contributed by atoms with Crippen molar-refractivity contribution in [3.05, 3.63) is 46.6 Å². The maximum absolute atomic E-state index is 11.2. The smallest absolute Gasteiger partial charge is 0.159 e. The first-order chi connectivity index (χ1) is 6.75. The van der Waals surface area contributed by atoms with Gasteiger partial charge in [0, 0.05) is 17.1 Å². The maximum atomic E-state index is 11.2. The summed E-state index contributed by atoms with van der Waals surface area (Å²) in [5, 5.41) is 3.17. The Hall–Kier alpha value is -1.09. The number of ketones is 1. The first-order valence-electron chi connectivity index (χ1n) is 4.46. The van der Waals surface area contributed by atoms with E-state index in [1.807, 2.05) is 24.3 Å². The van der Waals surface area contributed by atoms with E-state index in [9.17, 15) is 4.79 Å². The lowest BCUT2D eigenvalue weighted by Gasteiger charge is -2.19. The van der Waals surface area contributed by atoms with Crippen LogP contribution in [0.5, 0.6) is 0 Å². The van der Waals surface area contributed by atoms with Gasteiger partial charge in [0.25, 0.3) is 0 Å². The molecule has 0 aromatic heterocycles. The third-order valence-corrected chi connectivity index (χ3v) is 2.77. The summed E-state index contributed by atoms with van der Waals surface area (Å²) in [4.78, 5) is 11.2. The fourth-order valence-corrected chi connectivity index (χ4v) is 1.76. The predicted octanol–water partition coefficient (Wildman–Crippen LogP) is 2.57. The Labute approximate surface area is 91.1 Å². The summed E-state index contributed by atoms with van der Waals surface area (Å²) in [5.74, 6) is 0.177. The SMILES string of the molecule is O=C1C=CNC(c2ccc(Br)cc2)C1. The molecule has 1 aliphatic rings. The number of benzene rings is 1. The van der Waals surface area contributed by atoms with Gasteiger partial charge in [-0.3, -0.25) is 4.79 Å². The van der Waals surface area contributed by atoms with Crippen LogP contribution >= 0.6 is 15.9 Å². The molecule has 1 aromatic carbocycles. The third kappa shape index (κ3) is 2.04. The molecule has 3 heteroatoms. The van der Waals surface area contributed by atoms with E-state index in [4.69, 9.17) is 0 Å². The van der Waals surface area contributed by atoms with Gasteiger partial charge in [0.2, 0.25) is 0 Å². The Morgan fingerprint density at radius 2 is 2.00 bits per heavy atom. The molecule has 0 fully saturated rings. The van der Waals surface area contributed by atoms with Crippen molar-refractivity contribution in [3.63, 3.8) is 0 Å². The topological polar surface area (TPSA) is 29.1 Å². The van der Waals surface area contributed by atoms with Gasteiger partial charge in [-0.1, -0.05) is 28.1 Å². The van der Waals surface area contributed by atoms with Crippen molar-refractivity contribution in [2.45, 2.75) is 12.5 Å². The molecule has 1 heterocycles. The van der Waals surface area contributed by atoms with Crippen molar-refractivity contribution in [1.29, 1.82) is 0 Å². The molecule has 0 spiro atoms. The molecular formula is C11H10BrNO. The van der Waals surface area contributed by atoms with Crippen molar-refractivity contribution in [1.82, 2.24) is 5.32 Å². The average Bonchev–Trinajstić information content (AvgIpc) is 2.19. The van der Waals surface area contributed by atoms with Gasteiger partial charge in [0.15, 0.2) is 5.78 Å². The lowest BCUT2D eigenvalue weighted by Crippen LogP contribution is -2.22. The molecule has 0 saturated carbocycles. The van der Waals surface area contributed by atoms with Crippen LogP contribution in [0.15, 0.2) is 41.0 Å². The van der Waals surface area contributed by atoms with E-state index in [0.717, 1.165) is 10.0 Å². The number of allylic oxidation sites excluding steroid dienone is 1. The van der Waals surface area contributed by atoms with E-state index < -0.39 is 0 Å². The standard InChI is InChI=1S/C11H10BrNO/c12-9-3-1-8(2-4-9)11-7-10(14)5-6-13-11/h1-6,11,13H,7H2. The van der Waals surface area contributed by atoms with Crippen LogP contribution in [-0.2, 0) is 4.79 Å². The average molecular weight is 252 g/mol. The lowest BCUT2D eigenvalue weighted by molar-refractivity contribution is -0.115. The van der Waals surface area contributed by atoms with Crippen LogP contribution in [0.2, 0.25) is 0 Å². The minimum absolute atomic E-state index is 0.126. The highest BCUT2D eigenvalue weighted by Crippen LogP contribution is 2.21. The Bertz CT molecular complexity index is 369. The number of halogens is 1. The second-order valence-corrected chi connectivity index (χ2v) is 4.19. The summed E-state index contributed by atoms with van der Waals surface area (Å²) < 4.78 is 1.05. The number of carbonyl (C=O) groups is 1. The fraction of sp³-hybridized carbons (Fsp3) is 0.182. The number of nitrogens with one attached hydrogen (secondary N) is 1. The van der Waals surface area contributed by atoms with E-state index in [0.29, 0.717) is 6.42 Å². The molecule has 0 radical (unpaired) electrons. The van der Waals surface area contributed by atoms with Crippen molar-refractivity contribution in [2.75, 3.05) is 0 Å². The van der Waals surface area contributed by atoms with Crippen LogP contribution in [0.25, 0.3) is 0 Å². The van der Waals surface area contributed by atoms with E-state index in [-0.39, 0.29) is 11.8 Å². The quantitative estimate of drug-likeness (QED) is 0.832. The highest BCUT2D eigenvalue weighted by Gasteiger charge is 2.15. The van der Waals surface area contributed by atoms with E-state index in [2.05, 4.69) is 21.2 Å². The molecule has 1 atom stereocenters. The van der Waals surface area contributed by atoms with Crippen LogP contribution in [0.1, 0.15) is 18.0 Å². The van der Waals surface area contributed by atoms with Crippen LogP contribution in [-0.4, -0.2) is 5.78 Å². The molecule has 0 bridgehead atoms. The molecule has 2 rings (SSSR count). The number of carbonyl (C=O) groups excluding carboxylic acids is 1. The summed E-state index contributed by atoms with van der Waals surface area (Å²) in [5.41, 5.74) is 1.14. The largest absolute Gasteiger partial charge is 0.384 e. The molecule has 0 saturated heterocycles. The van der Waals surface area contributed by atoms with Gasteiger partial charge in [-0.2, -0.15) is 0 Å². The van der Waals surface area contributed by atoms with Gasteiger partial charge in [0.1, 0.15) is 0 Å². The second kappa shape index (κ2) is 3.96. The lowest BCUT2D eigenvalue weighted by atomic mass is 10.00. The molecule has 1 aromatic rings. The number of hydrogen-bond acceptors (Lipinski definition) is 2. The summed E-state index contributed by atoms with van der Waals surface area (Å²) in [6.45, 7) is 0. The minimum Gasteiger partial charge on any atom is -0.384 e. The summed E-state index contributed by atoms with van der Waals surface area (Å²) in [7, 11) is 0. The number of rotatable bonds is 1. The molecule has 72 valence electrons. The summed E-state index contributed by atoms with van der Waals surface area (Å²) in [6, 6.07) is 8.14. The fourth-order valence-electron chi connectivity index (χ4n) is 1.49. The summed E-state index contributed by atoms with van der Waals surface area (Å²) in [6.07, 6.45) is 3.84. The molecule has 1 aliphatic heterocycles. The highest BCUT2D eigenvalue weighted by molar-refractivity contribution is 9.10. The second-order valence-electron chi connectivity index (χ2n) is 3.27. The first kappa shape index (κ1) is 9.46. The van der Waals surface area contributed by atoms with Gasteiger partial charge < -0.3 is 5.32 Å². The molecule has 0 amide bonds. The van der Waals surface area contributed by atoms with E-state index in [1.165, 1.54) is 0 Å². The molecule has 1 unspecified atom stereocenters. The van der Waals surface area contributed by atoms with Crippen molar-refractivity contribution in [3.8, 4) is 0 Å². The van der Waals surface area contributed by atoms with Crippen molar-refractivity contribution in [2.24, 2.45) is 0 Å². The van der Waals surface area contributed by atoms with Gasteiger partial charge >= 0.3 is 0 Å². The molecular weight excluding hydrogens is 242 g/mol. The third-order valence-electron chi connectivity index (χ3n) is 2.24. The molecule has 1 N–H and O–H groups in total. The number of hydrogen-bond donors (Lipinski definition) is 1.